The maximum atomic E-state index is 10.8. The molecule has 0 aliphatic carbocycles. The number of methoxy groups -OCH3 is 1. The topological polar surface area (TPSA) is 26.3 Å². The van der Waals surface area contributed by atoms with Gasteiger partial charge in [0.15, 0.2) is 0 Å². The second-order valence-corrected chi connectivity index (χ2v) is 3.50. The van der Waals surface area contributed by atoms with Gasteiger partial charge in [-0.25, -0.2) is 0 Å². The lowest BCUT2D eigenvalue weighted by atomic mass is 10.2. The van der Waals surface area contributed by atoms with Gasteiger partial charge in [-0.3, -0.25) is 4.79 Å². The molecule has 0 bridgehead atoms. The van der Waals surface area contributed by atoms with Gasteiger partial charge in [-0.15, -0.1) is 0 Å². The number of rotatable bonds is 1. The summed E-state index contributed by atoms with van der Waals surface area (Å²) in [5, 5.41) is 0.928. The molecule has 15 heavy (non-hydrogen) atoms. The summed E-state index contributed by atoms with van der Waals surface area (Å²) in [7, 11) is 1.32. The molecule has 4 heteroatoms. The van der Waals surface area contributed by atoms with Crippen molar-refractivity contribution in [2.45, 2.75) is 6.42 Å². The fraction of sp³-hybridized carbons (Fsp3) is 0.182. The lowest BCUT2D eigenvalue weighted by molar-refractivity contribution is -0.139. The van der Waals surface area contributed by atoms with Gasteiger partial charge in [0, 0.05) is 5.56 Å². The van der Waals surface area contributed by atoms with Crippen molar-refractivity contribution in [3.05, 3.63) is 33.8 Å². The van der Waals surface area contributed by atoms with Crippen LogP contribution in [0, 0.1) is 11.8 Å². The van der Waals surface area contributed by atoms with E-state index >= 15 is 0 Å². The number of benzene rings is 1. The number of halogens is 2. The highest BCUT2D eigenvalue weighted by Gasteiger charge is 1.97. The van der Waals surface area contributed by atoms with E-state index in [-0.39, 0.29) is 12.4 Å². The van der Waals surface area contributed by atoms with Gasteiger partial charge in [0.2, 0.25) is 0 Å². The minimum Gasteiger partial charge on any atom is -0.468 e. The standard InChI is InChI=1S/C11H8Cl2O2/c1-15-11(14)4-2-3-8-5-6-9(12)10(13)7-8/h5-7H,4H2,1H3. The van der Waals surface area contributed by atoms with Crippen molar-refractivity contribution < 1.29 is 9.53 Å². The number of carbonyl (C=O) groups is 1. The summed E-state index contributed by atoms with van der Waals surface area (Å²) in [5.41, 5.74) is 0.716. The van der Waals surface area contributed by atoms with Crippen molar-refractivity contribution in [1.82, 2.24) is 0 Å². The Morgan fingerprint density at radius 1 is 1.40 bits per heavy atom. The van der Waals surface area contributed by atoms with Crippen LogP contribution in [0.15, 0.2) is 18.2 Å². The number of esters is 1. The van der Waals surface area contributed by atoms with E-state index in [1.807, 2.05) is 0 Å². The van der Waals surface area contributed by atoms with E-state index in [4.69, 9.17) is 23.2 Å². The van der Waals surface area contributed by atoms with Gasteiger partial charge in [-0.05, 0) is 18.2 Å². The minimum atomic E-state index is -0.359. The van der Waals surface area contributed by atoms with Crippen LogP contribution in [0.3, 0.4) is 0 Å². The molecule has 2 nitrogen and oxygen atoms in total. The Hall–Kier alpha value is -1.17. The Bertz CT molecular complexity index is 430. The third kappa shape index (κ3) is 3.83. The lowest BCUT2D eigenvalue weighted by Crippen LogP contribution is -1.96. The van der Waals surface area contributed by atoms with Crippen molar-refractivity contribution in [3.8, 4) is 11.8 Å². The molecule has 78 valence electrons. The molecule has 0 heterocycles. The van der Waals surface area contributed by atoms with E-state index in [1.165, 1.54) is 7.11 Å². The van der Waals surface area contributed by atoms with E-state index in [2.05, 4.69) is 16.6 Å². The molecule has 0 unspecified atom stereocenters. The van der Waals surface area contributed by atoms with E-state index in [0.717, 1.165) is 0 Å². The number of hydrogen-bond donors (Lipinski definition) is 0. The highest BCUT2D eigenvalue weighted by Crippen LogP contribution is 2.21. The molecule has 0 saturated heterocycles. The second-order valence-electron chi connectivity index (χ2n) is 2.68. The fourth-order valence-electron chi connectivity index (χ4n) is 0.864. The molecule has 0 spiro atoms. The first-order valence-electron chi connectivity index (χ1n) is 4.14. The third-order valence-corrected chi connectivity index (χ3v) is 2.35. The van der Waals surface area contributed by atoms with Gasteiger partial charge in [0.25, 0.3) is 0 Å². The molecule has 0 aromatic heterocycles. The summed E-state index contributed by atoms with van der Waals surface area (Å²) in [6, 6.07) is 5.04. The Morgan fingerprint density at radius 3 is 2.73 bits per heavy atom. The summed E-state index contributed by atoms with van der Waals surface area (Å²) in [5.74, 6) is 5.10. The molecule has 1 aromatic carbocycles. The van der Waals surface area contributed by atoms with Crippen LogP contribution in [-0.2, 0) is 9.53 Å². The predicted octanol–water partition coefficient (Wildman–Crippen LogP) is 2.91. The molecule has 0 saturated carbocycles. The molecule has 0 N–H and O–H groups in total. The number of carbonyl (C=O) groups excluding carboxylic acids is 1. The quantitative estimate of drug-likeness (QED) is 0.560. The number of hydrogen-bond acceptors (Lipinski definition) is 2. The molecular formula is C11H8Cl2O2. The Balaban J connectivity index is 2.72. The minimum absolute atomic E-state index is 0.0662. The highest BCUT2D eigenvalue weighted by atomic mass is 35.5. The number of ether oxygens (including phenoxy) is 1. The van der Waals surface area contributed by atoms with Crippen molar-refractivity contribution in [3.63, 3.8) is 0 Å². The predicted molar refractivity (Wildman–Crippen MR) is 60.0 cm³/mol. The van der Waals surface area contributed by atoms with E-state index in [0.29, 0.717) is 15.6 Å². The van der Waals surface area contributed by atoms with Gasteiger partial charge in [-0.2, -0.15) is 0 Å². The molecule has 0 radical (unpaired) electrons. The summed E-state index contributed by atoms with van der Waals surface area (Å²) in [6.45, 7) is 0. The smallest absolute Gasteiger partial charge is 0.317 e. The lowest BCUT2D eigenvalue weighted by Gasteiger charge is -1.95. The van der Waals surface area contributed by atoms with Crippen LogP contribution in [-0.4, -0.2) is 13.1 Å². The summed E-state index contributed by atoms with van der Waals surface area (Å²) in [6.07, 6.45) is 0.0662. The van der Waals surface area contributed by atoms with Crippen LogP contribution >= 0.6 is 23.2 Å². The SMILES string of the molecule is COC(=O)CC#Cc1ccc(Cl)c(Cl)c1. The van der Waals surface area contributed by atoms with Crippen molar-refractivity contribution in [2.75, 3.05) is 7.11 Å². The van der Waals surface area contributed by atoms with Crippen molar-refractivity contribution in [1.29, 1.82) is 0 Å². The van der Waals surface area contributed by atoms with Crippen LogP contribution in [0.4, 0.5) is 0 Å². The van der Waals surface area contributed by atoms with E-state index in [1.54, 1.807) is 18.2 Å². The zero-order valence-electron chi connectivity index (χ0n) is 8.01. The fourth-order valence-corrected chi connectivity index (χ4v) is 1.16. The van der Waals surface area contributed by atoms with E-state index < -0.39 is 0 Å². The van der Waals surface area contributed by atoms with Crippen LogP contribution < -0.4 is 0 Å². The van der Waals surface area contributed by atoms with Crippen molar-refractivity contribution >= 4 is 29.2 Å². The Kier molecular flexibility index (Phi) is 4.48. The van der Waals surface area contributed by atoms with Gasteiger partial charge < -0.3 is 4.74 Å². The summed E-state index contributed by atoms with van der Waals surface area (Å²) in [4.78, 5) is 10.8. The second kappa shape index (κ2) is 5.65. The van der Waals surface area contributed by atoms with Crippen LogP contribution in [0.1, 0.15) is 12.0 Å². The van der Waals surface area contributed by atoms with Gasteiger partial charge in [0.1, 0.15) is 6.42 Å². The molecule has 0 amide bonds. The van der Waals surface area contributed by atoms with E-state index in [9.17, 15) is 4.79 Å². The maximum absolute atomic E-state index is 10.8. The normalized spacial score (nSPS) is 9.00. The largest absolute Gasteiger partial charge is 0.468 e. The summed E-state index contributed by atoms with van der Waals surface area (Å²) < 4.78 is 4.44. The highest BCUT2D eigenvalue weighted by molar-refractivity contribution is 6.42. The molecule has 1 aromatic rings. The van der Waals surface area contributed by atoms with Gasteiger partial charge in [-0.1, -0.05) is 35.0 Å². The Morgan fingerprint density at radius 2 is 2.13 bits per heavy atom. The first-order chi connectivity index (χ1) is 7.13. The monoisotopic (exact) mass is 242 g/mol. The molecule has 0 aliphatic heterocycles. The van der Waals surface area contributed by atoms with Crippen molar-refractivity contribution in [2.24, 2.45) is 0 Å². The molecule has 0 fully saturated rings. The molecule has 0 aliphatic rings. The average Bonchev–Trinajstić information content (AvgIpc) is 2.23. The first-order valence-corrected chi connectivity index (χ1v) is 4.90. The van der Waals surface area contributed by atoms with Crippen LogP contribution in [0.2, 0.25) is 10.0 Å². The van der Waals surface area contributed by atoms with Crippen LogP contribution in [0.25, 0.3) is 0 Å². The average molecular weight is 243 g/mol. The zero-order valence-corrected chi connectivity index (χ0v) is 9.52. The molecule has 0 atom stereocenters. The third-order valence-electron chi connectivity index (χ3n) is 1.61. The zero-order chi connectivity index (χ0) is 11.3. The summed E-state index contributed by atoms with van der Waals surface area (Å²) >= 11 is 11.5. The molecule has 1 rings (SSSR count). The molecular weight excluding hydrogens is 235 g/mol. The first kappa shape index (κ1) is 11.9. The van der Waals surface area contributed by atoms with Gasteiger partial charge >= 0.3 is 5.97 Å². The van der Waals surface area contributed by atoms with Gasteiger partial charge in [0.05, 0.1) is 17.2 Å². The Labute approximate surface area is 98.1 Å². The van der Waals surface area contributed by atoms with Crippen LogP contribution in [0.5, 0.6) is 0 Å². The maximum Gasteiger partial charge on any atom is 0.317 e.